The van der Waals surface area contributed by atoms with Crippen molar-refractivity contribution in [2.45, 2.75) is 0 Å². The molecular formula is C9H6BrNO. The van der Waals surface area contributed by atoms with Crippen LogP contribution in [0.4, 0.5) is 0 Å². The molecule has 60 valence electrons. The van der Waals surface area contributed by atoms with Crippen LogP contribution < -0.4 is 5.56 Å². The monoisotopic (exact) mass is 223 g/mol. The first-order valence-electron chi connectivity index (χ1n) is 3.54. The van der Waals surface area contributed by atoms with Crippen LogP contribution in [-0.4, -0.2) is 4.40 Å². The third kappa shape index (κ3) is 1.16. The summed E-state index contributed by atoms with van der Waals surface area (Å²) < 4.78 is 2.58. The maximum absolute atomic E-state index is 11.2. The zero-order valence-corrected chi connectivity index (χ0v) is 7.78. The molecule has 0 aromatic carbocycles. The number of pyridine rings is 2. The number of rotatable bonds is 0. The largest absolute Gasteiger partial charge is 0.284 e. The van der Waals surface area contributed by atoms with E-state index in [2.05, 4.69) is 15.9 Å². The van der Waals surface area contributed by atoms with Crippen LogP contribution in [0.15, 0.2) is 45.8 Å². The van der Waals surface area contributed by atoms with Crippen molar-refractivity contribution < 1.29 is 0 Å². The van der Waals surface area contributed by atoms with E-state index in [9.17, 15) is 4.79 Å². The number of halogens is 1. The molecule has 2 nitrogen and oxygen atoms in total. The molecule has 2 aromatic rings. The molecule has 0 aliphatic rings. The summed E-state index contributed by atoms with van der Waals surface area (Å²) in [5.41, 5.74) is 0.900. The lowest BCUT2D eigenvalue weighted by molar-refractivity contribution is 1.09. The van der Waals surface area contributed by atoms with Gasteiger partial charge in [-0.1, -0.05) is 22.0 Å². The predicted octanol–water partition coefficient (Wildman–Crippen LogP) is 2.06. The Morgan fingerprint density at radius 2 is 2.08 bits per heavy atom. The summed E-state index contributed by atoms with van der Waals surface area (Å²) in [6, 6.07) is 8.94. The Hall–Kier alpha value is -1.09. The Balaban J connectivity index is 2.96. The van der Waals surface area contributed by atoms with Gasteiger partial charge in [-0.2, -0.15) is 0 Å². The van der Waals surface area contributed by atoms with E-state index in [0.29, 0.717) is 0 Å². The second-order valence-corrected chi connectivity index (χ2v) is 3.42. The van der Waals surface area contributed by atoms with Gasteiger partial charge in [0.25, 0.3) is 5.56 Å². The first kappa shape index (κ1) is 7.55. The summed E-state index contributed by atoms with van der Waals surface area (Å²) in [7, 11) is 0. The van der Waals surface area contributed by atoms with Gasteiger partial charge >= 0.3 is 0 Å². The normalized spacial score (nSPS) is 10.4. The van der Waals surface area contributed by atoms with Crippen LogP contribution in [-0.2, 0) is 0 Å². The molecule has 0 N–H and O–H groups in total. The average Bonchev–Trinajstić information content (AvgIpc) is 2.04. The maximum Gasteiger partial charge on any atom is 0.255 e. The molecule has 2 aromatic heterocycles. The Morgan fingerprint density at radius 3 is 2.92 bits per heavy atom. The molecule has 0 bridgehead atoms. The second kappa shape index (κ2) is 2.75. The van der Waals surface area contributed by atoms with E-state index in [1.54, 1.807) is 22.7 Å². The van der Waals surface area contributed by atoms with Gasteiger partial charge in [-0.25, -0.2) is 0 Å². The molecule has 0 unspecified atom stereocenters. The van der Waals surface area contributed by atoms with Gasteiger partial charge in [-0.05, 0) is 18.2 Å². The van der Waals surface area contributed by atoms with Crippen molar-refractivity contribution >= 4 is 21.4 Å². The van der Waals surface area contributed by atoms with Crippen LogP contribution in [0.25, 0.3) is 5.52 Å². The fourth-order valence-corrected chi connectivity index (χ4v) is 1.48. The van der Waals surface area contributed by atoms with Crippen molar-refractivity contribution in [3.8, 4) is 0 Å². The number of hydrogen-bond acceptors (Lipinski definition) is 1. The molecule has 2 heterocycles. The summed E-state index contributed by atoms with van der Waals surface area (Å²) in [4.78, 5) is 11.2. The minimum absolute atomic E-state index is 0.000000000000000666. The highest BCUT2D eigenvalue weighted by molar-refractivity contribution is 9.10. The van der Waals surface area contributed by atoms with Gasteiger partial charge < -0.3 is 0 Å². The van der Waals surface area contributed by atoms with Crippen molar-refractivity contribution in [1.29, 1.82) is 0 Å². The summed E-state index contributed by atoms with van der Waals surface area (Å²) in [6.45, 7) is 0. The lowest BCUT2D eigenvalue weighted by atomic mass is 10.3. The van der Waals surface area contributed by atoms with Gasteiger partial charge in [-0.3, -0.25) is 9.20 Å². The van der Waals surface area contributed by atoms with Crippen molar-refractivity contribution in [3.05, 3.63) is 51.4 Å². The summed E-state index contributed by atoms with van der Waals surface area (Å²) in [5.74, 6) is 0. The van der Waals surface area contributed by atoms with Crippen LogP contribution in [0.1, 0.15) is 0 Å². The molecule has 2 rings (SSSR count). The van der Waals surface area contributed by atoms with Crippen LogP contribution in [0.5, 0.6) is 0 Å². The molecule has 3 heteroatoms. The van der Waals surface area contributed by atoms with E-state index in [4.69, 9.17) is 0 Å². The maximum atomic E-state index is 11.2. The number of nitrogens with zero attached hydrogens (tertiary/aromatic N) is 1. The fourth-order valence-electron chi connectivity index (χ4n) is 1.13. The molecule has 0 fully saturated rings. The minimum atomic E-state index is 0.000000000000000666. The number of aromatic nitrogens is 1. The van der Waals surface area contributed by atoms with Crippen LogP contribution in [0, 0.1) is 0 Å². The Bertz CT molecular complexity index is 475. The molecule has 0 saturated carbocycles. The van der Waals surface area contributed by atoms with Gasteiger partial charge in [0, 0.05) is 22.3 Å². The number of fused-ring (bicyclic) bond motifs is 1. The molecule has 12 heavy (non-hydrogen) atoms. The molecule has 0 radical (unpaired) electrons. The Kier molecular flexibility index (Phi) is 1.73. The van der Waals surface area contributed by atoms with Crippen LogP contribution in [0.3, 0.4) is 0 Å². The molecular weight excluding hydrogens is 218 g/mol. The molecule has 0 saturated heterocycles. The Labute approximate surface area is 77.6 Å². The van der Waals surface area contributed by atoms with E-state index in [0.717, 1.165) is 9.99 Å². The van der Waals surface area contributed by atoms with Gasteiger partial charge in [0.1, 0.15) is 0 Å². The van der Waals surface area contributed by atoms with Crippen LogP contribution >= 0.6 is 15.9 Å². The molecule has 0 spiro atoms. The zero-order chi connectivity index (χ0) is 8.55. The lowest BCUT2D eigenvalue weighted by Crippen LogP contribution is -2.10. The smallest absolute Gasteiger partial charge is 0.255 e. The van der Waals surface area contributed by atoms with E-state index >= 15 is 0 Å². The number of hydrogen-bond donors (Lipinski definition) is 0. The second-order valence-electron chi connectivity index (χ2n) is 2.50. The van der Waals surface area contributed by atoms with E-state index in [1.165, 1.54) is 0 Å². The Morgan fingerprint density at radius 1 is 1.25 bits per heavy atom. The van der Waals surface area contributed by atoms with Gasteiger partial charge in [0.15, 0.2) is 0 Å². The van der Waals surface area contributed by atoms with Crippen molar-refractivity contribution in [2.75, 3.05) is 0 Å². The van der Waals surface area contributed by atoms with E-state index < -0.39 is 0 Å². The molecule has 0 atom stereocenters. The summed E-state index contributed by atoms with van der Waals surface area (Å²) >= 11 is 3.34. The highest BCUT2D eigenvalue weighted by Crippen LogP contribution is 2.10. The molecule has 0 amide bonds. The molecule has 0 aliphatic heterocycles. The van der Waals surface area contributed by atoms with Gasteiger partial charge in [-0.15, -0.1) is 0 Å². The zero-order valence-electron chi connectivity index (χ0n) is 6.20. The third-order valence-corrected chi connectivity index (χ3v) is 2.18. The summed E-state index contributed by atoms with van der Waals surface area (Å²) in [5, 5.41) is 0. The highest BCUT2D eigenvalue weighted by atomic mass is 79.9. The summed E-state index contributed by atoms with van der Waals surface area (Å²) in [6.07, 6.45) is 1.75. The first-order chi connectivity index (χ1) is 5.77. The standard InChI is InChI=1S/C9H6BrNO/c10-7-4-5-11-8(6-7)2-1-3-9(11)12/h1-6H. The lowest BCUT2D eigenvalue weighted by Gasteiger charge is -1.98. The van der Waals surface area contributed by atoms with Crippen molar-refractivity contribution in [2.24, 2.45) is 0 Å². The highest BCUT2D eigenvalue weighted by Gasteiger charge is 1.93. The fraction of sp³-hybridized carbons (Fsp3) is 0. The van der Waals surface area contributed by atoms with E-state index in [-0.39, 0.29) is 5.56 Å². The minimum Gasteiger partial charge on any atom is -0.284 e. The van der Waals surface area contributed by atoms with Crippen molar-refractivity contribution in [3.63, 3.8) is 0 Å². The SMILES string of the molecule is O=c1cccc2cc(Br)ccn12. The first-order valence-corrected chi connectivity index (χ1v) is 4.33. The van der Waals surface area contributed by atoms with Gasteiger partial charge in [0.05, 0.1) is 0 Å². The van der Waals surface area contributed by atoms with Gasteiger partial charge in [0.2, 0.25) is 0 Å². The topological polar surface area (TPSA) is 21.5 Å². The van der Waals surface area contributed by atoms with Crippen LogP contribution in [0.2, 0.25) is 0 Å². The quantitative estimate of drug-likeness (QED) is 0.671. The average molecular weight is 224 g/mol. The third-order valence-electron chi connectivity index (χ3n) is 1.69. The van der Waals surface area contributed by atoms with E-state index in [1.807, 2.05) is 18.2 Å². The molecule has 0 aliphatic carbocycles. The predicted molar refractivity (Wildman–Crippen MR) is 51.4 cm³/mol. The van der Waals surface area contributed by atoms with Crippen molar-refractivity contribution in [1.82, 2.24) is 4.40 Å².